The van der Waals surface area contributed by atoms with Crippen LogP contribution < -0.4 is 4.74 Å². The van der Waals surface area contributed by atoms with Gasteiger partial charge in [0.1, 0.15) is 5.75 Å². The molecule has 2 heterocycles. The number of aromatic amines is 1. The van der Waals surface area contributed by atoms with E-state index in [0.29, 0.717) is 11.6 Å². The highest BCUT2D eigenvalue weighted by Crippen LogP contribution is 2.35. The van der Waals surface area contributed by atoms with Crippen molar-refractivity contribution in [3.8, 4) is 5.75 Å². The first-order valence-electron chi connectivity index (χ1n) is 11.8. The van der Waals surface area contributed by atoms with Gasteiger partial charge in [-0.25, -0.2) is 4.79 Å². The van der Waals surface area contributed by atoms with Gasteiger partial charge in [0.15, 0.2) is 0 Å². The summed E-state index contributed by atoms with van der Waals surface area (Å²) in [4.78, 5) is 20.4. The predicted molar refractivity (Wildman–Crippen MR) is 132 cm³/mol. The maximum absolute atomic E-state index is 11.9. The summed E-state index contributed by atoms with van der Waals surface area (Å²) >= 11 is 0. The standard InChI is InChI=1S/C27H35N3O3/c1-6-19(3)29-13-14-30(24(17-29)20-7-9-21(10-8-20)27(31)33-5)16-23-22-11-12-28-26(22)18(2)15-25(23)32-4/h7-12,15,19,24,28H,6,13-14,16-17H2,1-5H3. The number of esters is 1. The number of carbonyl (C=O) groups is 1. The highest BCUT2D eigenvalue weighted by atomic mass is 16.5. The summed E-state index contributed by atoms with van der Waals surface area (Å²) in [6, 6.07) is 12.9. The number of carbonyl (C=O) groups excluding carboxylic acids is 1. The lowest BCUT2D eigenvalue weighted by atomic mass is 9.97. The summed E-state index contributed by atoms with van der Waals surface area (Å²) in [5, 5.41) is 1.22. The first kappa shape index (κ1) is 23.3. The highest BCUT2D eigenvalue weighted by molar-refractivity contribution is 5.89. The number of piperazine rings is 1. The number of nitrogens with one attached hydrogen (secondary N) is 1. The number of methoxy groups -OCH3 is 2. The van der Waals surface area contributed by atoms with Crippen LogP contribution >= 0.6 is 0 Å². The van der Waals surface area contributed by atoms with Crippen molar-refractivity contribution in [1.29, 1.82) is 0 Å². The zero-order chi connectivity index (χ0) is 23.5. The molecule has 0 saturated carbocycles. The van der Waals surface area contributed by atoms with E-state index in [-0.39, 0.29) is 12.0 Å². The minimum atomic E-state index is -0.303. The molecule has 1 aliphatic rings. The van der Waals surface area contributed by atoms with E-state index in [1.165, 1.54) is 34.7 Å². The summed E-state index contributed by atoms with van der Waals surface area (Å²) in [7, 11) is 3.17. The molecule has 6 heteroatoms. The average Bonchev–Trinajstić information content (AvgIpc) is 3.35. The van der Waals surface area contributed by atoms with E-state index in [4.69, 9.17) is 9.47 Å². The molecule has 0 amide bonds. The third-order valence-corrected chi connectivity index (χ3v) is 7.15. The van der Waals surface area contributed by atoms with Crippen molar-refractivity contribution in [1.82, 2.24) is 14.8 Å². The van der Waals surface area contributed by atoms with Crippen molar-refractivity contribution in [2.75, 3.05) is 33.9 Å². The number of H-pyrrole nitrogens is 1. The van der Waals surface area contributed by atoms with Gasteiger partial charge in [0.25, 0.3) is 0 Å². The van der Waals surface area contributed by atoms with Crippen LogP contribution in [0, 0.1) is 6.92 Å². The first-order chi connectivity index (χ1) is 16.0. The van der Waals surface area contributed by atoms with Gasteiger partial charge in [0.2, 0.25) is 0 Å². The van der Waals surface area contributed by atoms with Gasteiger partial charge in [-0.3, -0.25) is 9.80 Å². The minimum absolute atomic E-state index is 0.222. The van der Waals surface area contributed by atoms with Gasteiger partial charge in [-0.2, -0.15) is 0 Å². The second-order valence-electron chi connectivity index (χ2n) is 8.99. The van der Waals surface area contributed by atoms with Gasteiger partial charge in [0.05, 0.1) is 19.8 Å². The van der Waals surface area contributed by atoms with E-state index in [0.717, 1.165) is 38.3 Å². The number of rotatable bonds is 7. The van der Waals surface area contributed by atoms with Crippen molar-refractivity contribution in [2.45, 2.75) is 45.8 Å². The third-order valence-electron chi connectivity index (χ3n) is 7.15. The van der Waals surface area contributed by atoms with E-state index in [1.54, 1.807) is 7.11 Å². The van der Waals surface area contributed by atoms with Crippen LogP contribution in [0.3, 0.4) is 0 Å². The smallest absolute Gasteiger partial charge is 0.337 e. The molecule has 4 rings (SSSR count). The molecular formula is C27H35N3O3. The summed E-state index contributed by atoms with van der Waals surface area (Å²) in [6.07, 6.45) is 3.13. The molecular weight excluding hydrogens is 414 g/mol. The van der Waals surface area contributed by atoms with Crippen LogP contribution in [-0.2, 0) is 11.3 Å². The molecule has 6 nitrogen and oxygen atoms in total. The second-order valence-corrected chi connectivity index (χ2v) is 8.99. The summed E-state index contributed by atoms with van der Waals surface area (Å²) in [6.45, 7) is 10.4. The average molecular weight is 450 g/mol. The normalized spacial score (nSPS) is 18.4. The second kappa shape index (κ2) is 9.98. The monoisotopic (exact) mass is 449 g/mol. The van der Waals surface area contributed by atoms with Crippen LogP contribution in [0.4, 0.5) is 0 Å². The molecule has 0 bridgehead atoms. The Morgan fingerprint density at radius 1 is 1.18 bits per heavy atom. The fraction of sp³-hybridized carbons (Fsp3) is 0.444. The molecule has 0 radical (unpaired) electrons. The molecule has 2 unspecified atom stereocenters. The Bertz CT molecular complexity index is 1110. The third kappa shape index (κ3) is 4.63. The Morgan fingerprint density at radius 2 is 1.94 bits per heavy atom. The number of hydrogen-bond acceptors (Lipinski definition) is 5. The van der Waals surface area contributed by atoms with Crippen molar-refractivity contribution in [3.05, 3.63) is 64.8 Å². The first-order valence-corrected chi connectivity index (χ1v) is 11.8. The van der Waals surface area contributed by atoms with Crippen LogP contribution in [0.15, 0.2) is 42.6 Å². The van der Waals surface area contributed by atoms with Gasteiger partial charge < -0.3 is 14.5 Å². The number of ether oxygens (including phenoxy) is 2. The maximum Gasteiger partial charge on any atom is 0.337 e. The van der Waals surface area contributed by atoms with Crippen LogP contribution in [0.5, 0.6) is 5.75 Å². The molecule has 1 aromatic heterocycles. The maximum atomic E-state index is 11.9. The summed E-state index contributed by atoms with van der Waals surface area (Å²) in [5.41, 5.74) is 5.37. The summed E-state index contributed by atoms with van der Waals surface area (Å²) in [5.74, 6) is 0.631. The van der Waals surface area contributed by atoms with Crippen LogP contribution in [0.2, 0.25) is 0 Å². The van der Waals surface area contributed by atoms with E-state index in [9.17, 15) is 4.79 Å². The van der Waals surface area contributed by atoms with Gasteiger partial charge >= 0.3 is 5.97 Å². The Morgan fingerprint density at radius 3 is 2.61 bits per heavy atom. The number of fused-ring (bicyclic) bond motifs is 1. The molecule has 33 heavy (non-hydrogen) atoms. The quantitative estimate of drug-likeness (QED) is 0.519. The molecule has 1 aliphatic heterocycles. The lowest BCUT2D eigenvalue weighted by molar-refractivity contribution is 0.0451. The molecule has 3 aromatic rings. The lowest BCUT2D eigenvalue weighted by Crippen LogP contribution is -2.50. The predicted octanol–water partition coefficient (Wildman–Crippen LogP) is 4.93. The number of benzene rings is 2. The van der Waals surface area contributed by atoms with Crippen molar-refractivity contribution in [2.24, 2.45) is 0 Å². The largest absolute Gasteiger partial charge is 0.496 e. The van der Waals surface area contributed by atoms with Crippen LogP contribution in [-0.4, -0.2) is 60.6 Å². The minimum Gasteiger partial charge on any atom is -0.496 e. The van der Waals surface area contributed by atoms with Crippen molar-refractivity contribution >= 4 is 16.9 Å². The van der Waals surface area contributed by atoms with Crippen molar-refractivity contribution in [3.63, 3.8) is 0 Å². The van der Waals surface area contributed by atoms with Gasteiger partial charge in [-0.1, -0.05) is 19.1 Å². The number of aromatic nitrogens is 1. The number of hydrogen-bond donors (Lipinski definition) is 1. The molecule has 0 spiro atoms. The fourth-order valence-corrected chi connectivity index (χ4v) is 4.95. The van der Waals surface area contributed by atoms with Gasteiger partial charge in [-0.05, 0) is 55.7 Å². The van der Waals surface area contributed by atoms with Gasteiger partial charge in [-0.15, -0.1) is 0 Å². The molecule has 1 N–H and O–H groups in total. The van der Waals surface area contributed by atoms with Crippen LogP contribution in [0.25, 0.3) is 10.9 Å². The zero-order valence-electron chi connectivity index (χ0n) is 20.4. The Kier molecular flexibility index (Phi) is 7.05. The van der Waals surface area contributed by atoms with E-state index in [2.05, 4.69) is 59.8 Å². The van der Waals surface area contributed by atoms with E-state index >= 15 is 0 Å². The fourth-order valence-electron chi connectivity index (χ4n) is 4.95. The summed E-state index contributed by atoms with van der Waals surface area (Å²) < 4.78 is 10.7. The van der Waals surface area contributed by atoms with Gasteiger partial charge in [0, 0.05) is 60.9 Å². The molecule has 1 fully saturated rings. The molecule has 176 valence electrons. The van der Waals surface area contributed by atoms with E-state index < -0.39 is 0 Å². The highest BCUT2D eigenvalue weighted by Gasteiger charge is 2.31. The Labute approximate surface area is 196 Å². The molecule has 0 aliphatic carbocycles. The van der Waals surface area contributed by atoms with Crippen LogP contribution in [0.1, 0.15) is 53.4 Å². The molecule has 2 aromatic carbocycles. The van der Waals surface area contributed by atoms with E-state index in [1.807, 2.05) is 18.3 Å². The molecule has 1 saturated heterocycles. The van der Waals surface area contributed by atoms with Crippen molar-refractivity contribution < 1.29 is 14.3 Å². The number of nitrogens with zero attached hydrogens (tertiary/aromatic N) is 2. The zero-order valence-corrected chi connectivity index (χ0v) is 20.4. The number of aryl methyl sites for hydroxylation is 1. The Hall–Kier alpha value is -2.83. The topological polar surface area (TPSA) is 57.8 Å². The Balaban J connectivity index is 1.69. The SMILES string of the molecule is CCC(C)N1CCN(Cc2c(OC)cc(C)c3[nH]ccc23)C(c2ccc(C(=O)OC)cc2)C1. The molecule has 2 atom stereocenters. The lowest BCUT2D eigenvalue weighted by Gasteiger charge is -2.44.